The first-order valence-corrected chi connectivity index (χ1v) is 9.57. The van der Waals surface area contributed by atoms with Crippen LogP contribution in [0.2, 0.25) is 0 Å². The van der Waals surface area contributed by atoms with Crippen LogP contribution in [-0.2, 0) is 13.0 Å². The summed E-state index contributed by atoms with van der Waals surface area (Å²) in [5, 5.41) is 20.4. The molecule has 1 saturated heterocycles. The predicted octanol–water partition coefficient (Wildman–Crippen LogP) is 4.02. The summed E-state index contributed by atoms with van der Waals surface area (Å²) in [6, 6.07) is 5.33. The number of rotatable bonds is 3. The maximum Gasteiger partial charge on any atom is 0.293 e. The highest BCUT2D eigenvalue weighted by Crippen LogP contribution is 2.41. The molecule has 0 aliphatic carbocycles. The van der Waals surface area contributed by atoms with E-state index in [1.807, 2.05) is 12.1 Å². The van der Waals surface area contributed by atoms with Gasteiger partial charge in [0.05, 0.1) is 11.0 Å². The van der Waals surface area contributed by atoms with E-state index in [2.05, 4.69) is 35.6 Å². The minimum Gasteiger partial charge on any atom is -0.356 e. The molecule has 25 heavy (non-hydrogen) atoms. The van der Waals surface area contributed by atoms with Crippen molar-refractivity contribution in [1.82, 2.24) is 14.8 Å². The van der Waals surface area contributed by atoms with Gasteiger partial charge in [-0.15, -0.1) is 10.2 Å². The van der Waals surface area contributed by atoms with Gasteiger partial charge in [0.2, 0.25) is 0 Å². The van der Waals surface area contributed by atoms with Crippen LogP contribution in [0.3, 0.4) is 0 Å². The zero-order chi connectivity index (χ0) is 17.4. The smallest absolute Gasteiger partial charge is 0.293 e. The molecule has 1 aromatic heterocycles. The molecule has 0 radical (unpaired) electrons. The normalized spacial score (nSPS) is 20.4. The maximum absolute atomic E-state index is 11.5. The van der Waals surface area contributed by atoms with Crippen molar-refractivity contribution in [1.29, 1.82) is 0 Å². The first-order valence-electron chi connectivity index (χ1n) is 8.77. The number of nitro groups is 1. The van der Waals surface area contributed by atoms with Gasteiger partial charge in [0, 0.05) is 30.0 Å². The van der Waals surface area contributed by atoms with E-state index in [1.54, 1.807) is 6.07 Å². The number of nitrogens with zero attached hydrogens (tertiary/aromatic N) is 5. The van der Waals surface area contributed by atoms with Crippen molar-refractivity contribution >= 4 is 27.3 Å². The molecule has 0 N–H and O–H groups in total. The van der Waals surface area contributed by atoms with E-state index in [0.717, 1.165) is 61.3 Å². The number of benzene rings is 1. The Kier molecular flexibility index (Phi) is 4.45. The maximum atomic E-state index is 11.5. The lowest BCUT2D eigenvalue weighted by Gasteiger charge is -2.26. The molecule has 8 heteroatoms. The average Bonchev–Trinajstić information content (AvgIpc) is 3.15. The third-order valence-electron chi connectivity index (χ3n) is 5.13. The Balaban J connectivity index is 1.73. The van der Waals surface area contributed by atoms with E-state index in [9.17, 15) is 10.1 Å². The topological polar surface area (TPSA) is 77.1 Å². The quantitative estimate of drug-likeness (QED) is 0.569. The van der Waals surface area contributed by atoms with Gasteiger partial charge in [-0.05, 0) is 37.8 Å². The summed E-state index contributed by atoms with van der Waals surface area (Å²) in [7, 11) is 0. The van der Waals surface area contributed by atoms with Crippen LogP contribution in [0.4, 0.5) is 11.4 Å². The Hall–Kier alpha value is -1.96. The van der Waals surface area contributed by atoms with E-state index in [-0.39, 0.29) is 16.7 Å². The monoisotopic (exact) mass is 405 g/mol. The summed E-state index contributed by atoms with van der Waals surface area (Å²) in [6.07, 6.45) is 6.44. The van der Waals surface area contributed by atoms with E-state index in [4.69, 9.17) is 0 Å². The molecule has 1 fully saturated rings. The summed E-state index contributed by atoms with van der Waals surface area (Å²) in [5.41, 5.74) is 0.804. The third kappa shape index (κ3) is 3.03. The molecule has 2 aromatic rings. The predicted molar refractivity (Wildman–Crippen MR) is 97.7 cm³/mol. The summed E-state index contributed by atoms with van der Waals surface area (Å²) >= 11 is 3.34. The van der Waals surface area contributed by atoms with Crippen molar-refractivity contribution in [3.8, 4) is 0 Å². The van der Waals surface area contributed by atoms with Gasteiger partial charge >= 0.3 is 0 Å². The van der Waals surface area contributed by atoms with Crippen molar-refractivity contribution < 1.29 is 4.92 Å². The van der Waals surface area contributed by atoms with Gasteiger partial charge in [0.15, 0.2) is 5.82 Å². The molecule has 7 nitrogen and oxygen atoms in total. The highest BCUT2D eigenvalue weighted by atomic mass is 79.9. The standard InChI is InChI=1S/C17H20BrN5O2/c18-12-7-8-13(15(11-12)23(24)25)21-10-4-5-14(21)17-20-19-16-6-2-1-3-9-22(16)17/h7-8,11,14H,1-6,9-10H2. The number of nitro benzene ring substituents is 1. The minimum absolute atomic E-state index is 0.0548. The number of fused-ring (bicyclic) bond motifs is 1. The molecule has 1 unspecified atom stereocenters. The van der Waals surface area contributed by atoms with Gasteiger partial charge in [0.1, 0.15) is 11.5 Å². The van der Waals surface area contributed by atoms with Crippen LogP contribution >= 0.6 is 15.9 Å². The van der Waals surface area contributed by atoms with E-state index in [1.165, 1.54) is 6.42 Å². The van der Waals surface area contributed by atoms with Gasteiger partial charge in [-0.1, -0.05) is 22.4 Å². The molecule has 3 heterocycles. The molecule has 132 valence electrons. The van der Waals surface area contributed by atoms with E-state index in [0.29, 0.717) is 5.69 Å². The second kappa shape index (κ2) is 6.74. The Morgan fingerprint density at radius 3 is 2.88 bits per heavy atom. The third-order valence-corrected chi connectivity index (χ3v) is 5.63. The number of aromatic nitrogens is 3. The van der Waals surface area contributed by atoms with Crippen LogP contribution < -0.4 is 4.90 Å². The zero-order valence-corrected chi connectivity index (χ0v) is 15.5. The SMILES string of the molecule is O=[N+]([O-])c1cc(Br)ccc1N1CCCC1c1nnc2n1CCCCC2. The second-order valence-electron chi connectivity index (χ2n) is 6.68. The first kappa shape index (κ1) is 16.5. The van der Waals surface area contributed by atoms with Crippen molar-refractivity contribution in [3.63, 3.8) is 0 Å². The first-order chi connectivity index (χ1) is 12.1. The summed E-state index contributed by atoms with van der Waals surface area (Å²) in [6.45, 7) is 1.75. The molecule has 1 aromatic carbocycles. The minimum atomic E-state index is -0.306. The molecular formula is C17H20BrN5O2. The van der Waals surface area contributed by atoms with Crippen LogP contribution in [0.1, 0.15) is 49.8 Å². The van der Waals surface area contributed by atoms with Crippen LogP contribution in [0.15, 0.2) is 22.7 Å². The molecular weight excluding hydrogens is 386 g/mol. The van der Waals surface area contributed by atoms with Crippen molar-refractivity contribution in [2.24, 2.45) is 0 Å². The lowest BCUT2D eigenvalue weighted by molar-refractivity contribution is -0.384. The Morgan fingerprint density at radius 1 is 1.16 bits per heavy atom. The van der Waals surface area contributed by atoms with Crippen LogP contribution in [0.5, 0.6) is 0 Å². The highest BCUT2D eigenvalue weighted by Gasteiger charge is 2.34. The molecule has 1 atom stereocenters. The van der Waals surface area contributed by atoms with Crippen LogP contribution in [0, 0.1) is 10.1 Å². The average molecular weight is 406 g/mol. The lowest BCUT2D eigenvalue weighted by atomic mass is 10.1. The molecule has 0 bridgehead atoms. The fourth-order valence-corrected chi connectivity index (χ4v) is 4.31. The molecule has 0 amide bonds. The highest BCUT2D eigenvalue weighted by molar-refractivity contribution is 9.10. The number of hydrogen-bond donors (Lipinski definition) is 0. The largest absolute Gasteiger partial charge is 0.356 e. The molecule has 4 rings (SSSR count). The van der Waals surface area contributed by atoms with Crippen LogP contribution in [0.25, 0.3) is 0 Å². The molecule has 0 spiro atoms. The van der Waals surface area contributed by atoms with E-state index >= 15 is 0 Å². The van der Waals surface area contributed by atoms with Crippen molar-refractivity contribution in [3.05, 3.63) is 44.4 Å². The summed E-state index contributed by atoms with van der Waals surface area (Å²) < 4.78 is 2.97. The summed E-state index contributed by atoms with van der Waals surface area (Å²) in [5.74, 6) is 2.02. The summed E-state index contributed by atoms with van der Waals surface area (Å²) in [4.78, 5) is 13.4. The fourth-order valence-electron chi connectivity index (χ4n) is 3.96. The fraction of sp³-hybridized carbons (Fsp3) is 0.529. The van der Waals surface area contributed by atoms with Gasteiger partial charge < -0.3 is 9.47 Å². The van der Waals surface area contributed by atoms with E-state index < -0.39 is 0 Å². The van der Waals surface area contributed by atoms with Gasteiger partial charge in [-0.2, -0.15) is 0 Å². The Morgan fingerprint density at radius 2 is 2.04 bits per heavy atom. The number of aryl methyl sites for hydroxylation is 1. The lowest BCUT2D eigenvalue weighted by Crippen LogP contribution is -2.26. The van der Waals surface area contributed by atoms with Gasteiger partial charge in [-0.3, -0.25) is 10.1 Å². The number of halogens is 1. The second-order valence-corrected chi connectivity index (χ2v) is 7.59. The van der Waals surface area contributed by atoms with Crippen LogP contribution in [-0.4, -0.2) is 26.2 Å². The Bertz CT molecular complexity index is 806. The van der Waals surface area contributed by atoms with Gasteiger partial charge in [0.25, 0.3) is 5.69 Å². The van der Waals surface area contributed by atoms with Crippen molar-refractivity contribution in [2.75, 3.05) is 11.4 Å². The molecule has 2 aliphatic rings. The van der Waals surface area contributed by atoms with Crippen molar-refractivity contribution in [2.45, 2.75) is 51.1 Å². The van der Waals surface area contributed by atoms with Gasteiger partial charge in [-0.25, -0.2) is 0 Å². The number of hydrogen-bond acceptors (Lipinski definition) is 5. The number of anilines is 1. The molecule has 0 saturated carbocycles. The molecule has 2 aliphatic heterocycles. The Labute approximate surface area is 154 Å². The zero-order valence-electron chi connectivity index (χ0n) is 13.9.